The molecule has 0 bridgehead atoms. The number of hydrogen-bond donors (Lipinski definition) is 1. The monoisotopic (exact) mass is 230 g/mol. The molecule has 0 aliphatic heterocycles. The van der Waals surface area contributed by atoms with Crippen LogP contribution in [0.4, 0.5) is 0 Å². The van der Waals surface area contributed by atoms with E-state index in [1.165, 1.54) is 10.8 Å². The highest BCUT2D eigenvalue weighted by Crippen LogP contribution is 2.16. The molecule has 0 saturated heterocycles. The number of aliphatic hydroxyl groups is 1. The summed E-state index contributed by atoms with van der Waals surface area (Å²) in [7, 11) is 0. The Hall–Kier alpha value is -1.38. The van der Waals surface area contributed by atoms with E-state index in [1.807, 2.05) is 19.1 Å². The topological polar surface area (TPSA) is 29.5 Å². The Morgan fingerprint density at radius 1 is 1.12 bits per heavy atom. The van der Waals surface area contributed by atoms with Gasteiger partial charge in [-0.1, -0.05) is 42.5 Å². The number of aliphatic hydroxyl groups excluding tert-OH is 1. The third-order valence-corrected chi connectivity index (χ3v) is 2.80. The lowest BCUT2D eigenvalue weighted by Crippen LogP contribution is -2.17. The summed E-state index contributed by atoms with van der Waals surface area (Å²) in [6.07, 6.45) is 0.223. The smallest absolute Gasteiger partial charge is 0.0813 e. The van der Waals surface area contributed by atoms with Gasteiger partial charge in [0.1, 0.15) is 0 Å². The molecule has 2 rings (SSSR count). The van der Waals surface area contributed by atoms with Crippen LogP contribution in [0.5, 0.6) is 0 Å². The number of ether oxygens (including phenoxy) is 1. The molecule has 0 spiro atoms. The minimum Gasteiger partial charge on any atom is -0.390 e. The molecule has 0 fully saturated rings. The fraction of sp³-hybridized carbons (Fsp3) is 0.333. The van der Waals surface area contributed by atoms with E-state index < -0.39 is 6.10 Å². The zero-order valence-electron chi connectivity index (χ0n) is 10.1. The maximum Gasteiger partial charge on any atom is 0.0813 e. The van der Waals surface area contributed by atoms with Crippen LogP contribution in [0, 0.1) is 0 Å². The third kappa shape index (κ3) is 3.29. The summed E-state index contributed by atoms with van der Waals surface area (Å²) in [5, 5.41) is 12.2. The van der Waals surface area contributed by atoms with E-state index in [-0.39, 0.29) is 0 Å². The second-order valence-electron chi connectivity index (χ2n) is 4.20. The lowest BCUT2D eigenvalue weighted by atomic mass is 10.0. The van der Waals surface area contributed by atoms with Crippen LogP contribution in [-0.2, 0) is 11.2 Å². The largest absolute Gasteiger partial charge is 0.390 e. The first-order valence-corrected chi connectivity index (χ1v) is 6.03. The zero-order valence-corrected chi connectivity index (χ0v) is 10.1. The maximum absolute atomic E-state index is 9.78. The minimum absolute atomic E-state index is 0.406. The van der Waals surface area contributed by atoms with Crippen LogP contribution in [0.15, 0.2) is 42.5 Å². The predicted octanol–water partition coefficient (Wildman–Crippen LogP) is 2.78. The van der Waals surface area contributed by atoms with Gasteiger partial charge in [-0.2, -0.15) is 0 Å². The summed E-state index contributed by atoms with van der Waals surface area (Å²) in [5.41, 5.74) is 1.15. The van der Waals surface area contributed by atoms with Crippen molar-refractivity contribution in [1.82, 2.24) is 0 Å². The quantitative estimate of drug-likeness (QED) is 0.855. The highest BCUT2D eigenvalue weighted by molar-refractivity contribution is 5.82. The maximum atomic E-state index is 9.78. The van der Waals surface area contributed by atoms with Crippen LogP contribution < -0.4 is 0 Å². The molecule has 0 heterocycles. The highest BCUT2D eigenvalue weighted by Gasteiger charge is 2.05. The van der Waals surface area contributed by atoms with Gasteiger partial charge in [0.05, 0.1) is 12.7 Å². The molecule has 2 nitrogen and oxygen atoms in total. The lowest BCUT2D eigenvalue weighted by Gasteiger charge is -2.11. The molecule has 0 aliphatic carbocycles. The van der Waals surface area contributed by atoms with Crippen molar-refractivity contribution in [3.8, 4) is 0 Å². The molecular weight excluding hydrogens is 212 g/mol. The van der Waals surface area contributed by atoms with E-state index in [0.29, 0.717) is 19.6 Å². The van der Waals surface area contributed by atoms with Crippen LogP contribution in [0.1, 0.15) is 12.5 Å². The summed E-state index contributed by atoms with van der Waals surface area (Å²) < 4.78 is 5.20. The molecule has 0 amide bonds. The number of benzene rings is 2. The number of fused-ring (bicyclic) bond motifs is 1. The standard InChI is InChI=1S/C15H18O2/c1-2-17-11-15(16)10-12-7-8-13-5-3-4-6-14(13)9-12/h3-9,15-16H,2,10-11H2,1H3. The Morgan fingerprint density at radius 2 is 1.88 bits per heavy atom. The second-order valence-corrected chi connectivity index (χ2v) is 4.20. The van der Waals surface area contributed by atoms with Crippen LogP contribution in [-0.4, -0.2) is 24.4 Å². The third-order valence-electron chi connectivity index (χ3n) is 2.80. The Morgan fingerprint density at radius 3 is 2.65 bits per heavy atom. The van der Waals surface area contributed by atoms with Crippen LogP contribution in [0.25, 0.3) is 10.8 Å². The van der Waals surface area contributed by atoms with Gasteiger partial charge in [0.25, 0.3) is 0 Å². The molecule has 2 aromatic carbocycles. The summed E-state index contributed by atoms with van der Waals surface area (Å²) in [4.78, 5) is 0. The average Bonchev–Trinajstić information content (AvgIpc) is 2.36. The van der Waals surface area contributed by atoms with Crippen LogP contribution >= 0.6 is 0 Å². The minimum atomic E-state index is -0.420. The number of rotatable bonds is 5. The van der Waals surface area contributed by atoms with Gasteiger partial charge in [-0.05, 0) is 23.3 Å². The lowest BCUT2D eigenvalue weighted by molar-refractivity contribution is 0.0430. The van der Waals surface area contributed by atoms with Gasteiger partial charge in [-0.3, -0.25) is 0 Å². The van der Waals surface area contributed by atoms with Gasteiger partial charge < -0.3 is 9.84 Å². The molecule has 1 unspecified atom stereocenters. The van der Waals surface area contributed by atoms with Gasteiger partial charge in [0.2, 0.25) is 0 Å². The summed E-state index contributed by atoms with van der Waals surface area (Å²) in [6.45, 7) is 2.99. The van der Waals surface area contributed by atoms with Crippen molar-refractivity contribution in [2.45, 2.75) is 19.4 Å². The first-order chi connectivity index (χ1) is 8.29. The first-order valence-electron chi connectivity index (χ1n) is 6.03. The summed E-state index contributed by atoms with van der Waals surface area (Å²) >= 11 is 0. The molecule has 90 valence electrons. The first kappa shape index (κ1) is 12.1. The van der Waals surface area contributed by atoms with Crippen molar-refractivity contribution in [3.05, 3.63) is 48.0 Å². The highest BCUT2D eigenvalue weighted by atomic mass is 16.5. The number of hydrogen-bond acceptors (Lipinski definition) is 2. The summed E-state index contributed by atoms with van der Waals surface area (Å²) in [5.74, 6) is 0. The second kappa shape index (κ2) is 5.80. The van der Waals surface area contributed by atoms with Crippen molar-refractivity contribution in [1.29, 1.82) is 0 Å². The molecule has 0 radical (unpaired) electrons. The summed E-state index contributed by atoms with van der Waals surface area (Å²) in [6, 6.07) is 14.5. The van der Waals surface area contributed by atoms with Gasteiger partial charge >= 0.3 is 0 Å². The molecule has 1 N–H and O–H groups in total. The average molecular weight is 230 g/mol. The van der Waals surface area contributed by atoms with Crippen molar-refractivity contribution >= 4 is 10.8 Å². The molecule has 2 heteroatoms. The van der Waals surface area contributed by atoms with Gasteiger partial charge in [0, 0.05) is 13.0 Å². The SMILES string of the molecule is CCOCC(O)Cc1ccc2ccccc2c1. The molecule has 0 saturated carbocycles. The van der Waals surface area contributed by atoms with E-state index >= 15 is 0 Å². The van der Waals surface area contributed by atoms with Crippen molar-refractivity contribution in [2.75, 3.05) is 13.2 Å². The van der Waals surface area contributed by atoms with E-state index in [1.54, 1.807) is 0 Å². The van der Waals surface area contributed by atoms with E-state index in [9.17, 15) is 5.11 Å². The van der Waals surface area contributed by atoms with Gasteiger partial charge in [-0.25, -0.2) is 0 Å². The van der Waals surface area contributed by atoms with Crippen LogP contribution in [0.2, 0.25) is 0 Å². The fourth-order valence-corrected chi connectivity index (χ4v) is 1.95. The van der Waals surface area contributed by atoms with Crippen molar-refractivity contribution in [3.63, 3.8) is 0 Å². The molecule has 17 heavy (non-hydrogen) atoms. The van der Waals surface area contributed by atoms with Crippen molar-refractivity contribution in [2.24, 2.45) is 0 Å². The Balaban J connectivity index is 2.08. The molecule has 0 aliphatic rings. The molecule has 2 aromatic rings. The predicted molar refractivity (Wildman–Crippen MR) is 70.2 cm³/mol. The van der Waals surface area contributed by atoms with Crippen LogP contribution in [0.3, 0.4) is 0 Å². The molecular formula is C15H18O2. The normalized spacial score (nSPS) is 12.8. The van der Waals surface area contributed by atoms with Gasteiger partial charge in [0.15, 0.2) is 0 Å². The Labute approximate surface area is 102 Å². The Kier molecular flexibility index (Phi) is 4.13. The van der Waals surface area contributed by atoms with E-state index in [0.717, 1.165) is 5.56 Å². The van der Waals surface area contributed by atoms with Gasteiger partial charge in [-0.15, -0.1) is 0 Å². The van der Waals surface area contributed by atoms with E-state index in [2.05, 4.69) is 30.3 Å². The zero-order chi connectivity index (χ0) is 12.1. The molecule has 0 aromatic heterocycles. The molecule has 1 atom stereocenters. The van der Waals surface area contributed by atoms with E-state index in [4.69, 9.17) is 4.74 Å². The Bertz CT molecular complexity index is 479. The van der Waals surface area contributed by atoms with Crippen molar-refractivity contribution < 1.29 is 9.84 Å². The fourth-order valence-electron chi connectivity index (χ4n) is 1.95.